The van der Waals surface area contributed by atoms with E-state index >= 15 is 0 Å². The summed E-state index contributed by atoms with van der Waals surface area (Å²) in [6.45, 7) is 0. The molecule has 2 rings (SSSR count). The number of aromatic carboxylic acids is 1. The molecule has 0 spiro atoms. The van der Waals surface area contributed by atoms with E-state index in [1.54, 1.807) is 0 Å². The van der Waals surface area contributed by atoms with Gasteiger partial charge in [0.1, 0.15) is 17.1 Å². The van der Waals surface area contributed by atoms with Crippen molar-refractivity contribution in [1.82, 2.24) is 0 Å². The van der Waals surface area contributed by atoms with Crippen molar-refractivity contribution in [2.24, 2.45) is 0 Å². The Balaban J connectivity index is 2.43. The van der Waals surface area contributed by atoms with Gasteiger partial charge < -0.3 is 15.3 Å². The quantitative estimate of drug-likeness (QED) is 0.636. The number of hydrogen-bond donors (Lipinski definition) is 4. The highest BCUT2D eigenvalue weighted by atomic mass is 32.2. The first-order valence-corrected chi connectivity index (χ1v) is 7.17. The molecule has 21 heavy (non-hydrogen) atoms. The first-order valence-electron chi connectivity index (χ1n) is 5.68. The molecule has 0 saturated carbocycles. The molecule has 0 saturated heterocycles. The number of sulfonamides is 1. The van der Waals surface area contributed by atoms with Crippen LogP contribution in [-0.4, -0.2) is 29.7 Å². The molecule has 7 nitrogen and oxygen atoms in total. The van der Waals surface area contributed by atoms with E-state index in [-0.39, 0.29) is 16.3 Å². The van der Waals surface area contributed by atoms with E-state index in [0.29, 0.717) is 0 Å². The lowest BCUT2D eigenvalue weighted by Gasteiger charge is -2.10. The maximum absolute atomic E-state index is 12.1. The number of nitrogens with one attached hydrogen (secondary N) is 1. The van der Waals surface area contributed by atoms with Crippen molar-refractivity contribution in [2.45, 2.75) is 4.90 Å². The molecule has 0 aromatic heterocycles. The summed E-state index contributed by atoms with van der Waals surface area (Å²) in [5, 5.41) is 27.8. The Bertz CT molecular complexity index is 800. The van der Waals surface area contributed by atoms with Gasteiger partial charge in [-0.2, -0.15) is 0 Å². The average Bonchev–Trinajstić information content (AvgIpc) is 2.41. The topological polar surface area (TPSA) is 124 Å². The van der Waals surface area contributed by atoms with E-state index in [1.807, 2.05) is 0 Å². The van der Waals surface area contributed by atoms with Gasteiger partial charge in [-0.15, -0.1) is 0 Å². The number of rotatable bonds is 4. The monoisotopic (exact) mass is 309 g/mol. The summed E-state index contributed by atoms with van der Waals surface area (Å²) in [6.07, 6.45) is 0. The second-order valence-electron chi connectivity index (χ2n) is 4.11. The number of aromatic hydroxyl groups is 2. The van der Waals surface area contributed by atoms with E-state index in [0.717, 1.165) is 18.2 Å². The Morgan fingerprint density at radius 2 is 1.67 bits per heavy atom. The van der Waals surface area contributed by atoms with Gasteiger partial charge in [-0.05, 0) is 30.3 Å². The summed E-state index contributed by atoms with van der Waals surface area (Å²) in [7, 11) is -4.09. The maximum Gasteiger partial charge on any atom is 0.339 e. The molecule has 0 fully saturated rings. The molecule has 0 bridgehead atoms. The predicted molar refractivity (Wildman–Crippen MR) is 74.0 cm³/mol. The molecule has 8 heteroatoms. The van der Waals surface area contributed by atoms with Crippen molar-refractivity contribution in [3.8, 4) is 11.5 Å². The number of anilines is 1. The third-order valence-corrected chi connectivity index (χ3v) is 4.02. The van der Waals surface area contributed by atoms with E-state index in [1.165, 1.54) is 24.3 Å². The number of carbonyl (C=O) groups is 1. The Morgan fingerprint density at radius 1 is 1.00 bits per heavy atom. The second-order valence-corrected chi connectivity index (χ2v) is 5.79. The smallest absolute Gasteiger partial charge is 0.339 e. The highest BCUT2D eigenvalue weighted by Crippen LogP contribution is 2.27. The van der Waals surface area contributed by atoms with Crippen LogP contribution in [0.1, 0.15) is 10.4 Å². The molecule has 0 atom stereocenters. The molecule has 0 aliphatic rings. The molecule has 110 valence electrons. The molecule has 0 aliphatic carbocycles. The SMILES string of the molecule is O=C(O)c1cc(S(=O)(=O)Nc2ccccc2O)ccc1O. The van der Waals surface area contributed by atoms with Crippen molar-refractivity contribution in [1.29, 1.82) is 0 Å². The van der Waals surface area contributed by atoms with Gasteiger partial charge in [0, 0.05) is 0 Å². The van der Waals surface area contributed by atoms with E-state index in [2.05, 4.69) is 4.72 Å². The maximum atomic E-state index is 12.1. The largest absolute Gasteiger partial charge is 0.507 e. The number of para-hydroxylation sites is 2. The lowest BCUT2D eigenvalue weighted by Crippen LogP contribution is -2.14. The fraction of sp³-hybridized carbons (Fsp3) is 0. The number of hydrogen-bond acceptors (Lipinski definition) is 5. The fourth-order valence-electron chi connectivity index (χ4n) is 1.62. The summed E-state index contributed by atoms with van der Waals surface area (Å²) in [5.41, 5.74) is -0.572. The number of phenolic OH excluding ortho intramolecular Hbond substituents is 1. The zero-order chi connectivity index (χ0) is 15.6. The Hall–Kier alpha value is -2.74. The molecule has 4 N–H and O–H groups in total. The third kappa shape index (κ3) is 3.06. The lowest BCUT2D eigenvalue weighted by atomic mass is 10.2. The molecule has 0 unspecified atom stereocenters. The van der Waals surface area contributed by atoms with Gasteiger partial charge >= 0.3 is 5.97 Å². The number of carboxylic acid groups (broad SMARTS) is 1. The van der Waals surface area contributed by atoms with E-state index < -0.39 is 27.3 Å². The fourth-order valence-corrected chi connectivity index (χ4v) is 2.72. The predicted octanol–water partition coefficient (Wildman–Crippen LogP) is 1.60. The second kappa shape index (κ2) is 5.33. The summed E-state index contributed by atoms with van der Waals surface area (Å²) in [5.74, 6) is -2.26. The van der Waals surface area contributed by atoms with Crippen LogP contribution in [0.3, 0.4) is 0 Å². The van der Waals surface area contributed by atoms with Crippen LogP contribution in [0.15, 0.2) is 47.4 Å². The van der Waals surface area contributed by atoms with Gasteiger partial charge in [-0.25, -0.2) is 13.2 Å². The number of carboxylic acids is 1. The van der Waals surface area contributed by atoms with Gasteiger partial charge in [-0.1, -0.05) is 12.1 Å². The summed E-state index contributed by atoms with van der Waals surface area (Å²) >= 11 is 0. The van der Waals surface area contributed by atoms with Gasteiger partial charge in [0.05, 0.1) is 10.6 Å². The standard InChI is InChI=1S/C13H11NO6S/c15-11-6-5-8(7-9(11)13(17)18)21(19,20)14-10-3-1-2-4-12(10)16/h1-7,14-16H,(H,17,18). The van der Waals surface area contributed by atoms with Crippen molar-refractivity contribution < 1.29 is 28.5 Å². The summed E-state index contributed by atoms with van der Waals surface area (Å²) in [6, 6.07) is 8.57. The molecular weight excluding hydrogens is 298 g/mol. The van der Waals surface area contributed by atoms with Crippen molar-refractivity contribution in [2.75, 3.05) is 4.72 Å². The minimum absolute atomic E-state index is 0.0394. The minimum atomic E-state index is -4.09. The minimum Gasteiger partial charge on any atom is -0.507 e. The van der Waals surface area contributed by atoms with Crippen LogP contribution in [0.25, 0.3) is 0 Å². The zero-order valence-corrected chi connectivity index (χ0v) is 11.3. The van der Waals surface area contributed by atoms with Crippen molar-refractivity contribution in [3.05, 3.63) is 48.0 Å². The molecule has 2 aromatic rings. The van der Waals surface area contributed by atoms with E-state index in [4.69, 9.17) is 5.11 Å². The Labute approximate surface area is 120 Å². The van der Waals surface area contributed by atoms with Gasteiger partial charge in [0.25, 0.3) is 10.0 Å². The van der Waals surface area contributed by atoms with Crippen LogP contribution in [0.4, 0.5) is 5.69 Å². The normalized spacial score (nSPS) is 11.0. The van der Waals surface area contributed by atoms with Crippen LogP contribution in [0.2, 0.25) is 0 Å². The van der Waals surface area contributed by atoms with Crippen LogP contribution >= 0.6 is 0 Å². The molecule has 0 amide bonds. The van der Waals surface area contributed by atoms with Crippen molar-refractivity contribution in [3.63, 3.8) is 0 Å². The van der Waals surface area contributed by atoms with Gasteiger partial charge in [0.2, 0.25) is 0 Å². The number of phenols is 2. The Kier molecular flexibility index (Phi) is 3.72. The van der Waals surface area contributed by atoms with Gasteiger partial charge in [0.15, 0.2) is 0 Å². The third-order valence-electron chi connectivity index (χ3n) is 2.66. The first kappa shape index (κ1) is 14.7. The van der Waals surface area contributed by atoms with Crippen LogP contribution in [0.5, 0.6) is 11.5 Å². The lowest BCUT2D eigenvalue weighted by molar-refractivity contribution is 0.0693. The van der Waals surface area contributed by atoms with Crippen LogP contribution in [0, 0.1) is 0 Å². The van der Waals surface area contributed by atoms with Crippen LogP contribution in [-0.2, 0) is 10.0 Å². The average molecular weight is 309 g/mol. The highest BCUT2D eigenvalue weighted by molar-refractivity contribution is 7.92. The van der Waals surface area contributed by atoms with Gasteiger partial charge in [-0.3, -0.25) is 4.72 Å². The highest BCUT2D eigenvalue weighted by Gasteiger charge is 2.19. The van der Waals surface area contributed by atoms with E-state index in [9.17, 15) is 23.4 Å². The molecular formula is C13H11NO6S. The van der Waals surface area contributed by atoms with Crippen LogP contribution < -0.4 is 4.72 Å². The zero-order valence-electron chi connectivity index (χ0n) is 10.5. The Morgan fingerprint density at radius 3 is 2.29 bits per heavy atom. The van der Waals surface area contributed by atoms with Crippen molar-refractivity contribution >= 4 is 21.7 Å². The molecule has 0 radical (unpaired) electrons. The molecule has 2 aromatic carbocycles. The molecule has 0 heterocycles. The summed E-state index contributed by atoms with van der Waals surface area (Å²) < 4.78 is 26.4. The first-order chi connectivity index (χ1) is 9.81. The number of benzene rings is 2. The molecule has 0 aliphatic heterocycles. The summed E-state index contributed by atoms with van der Waals surface area (Å²) in [4.78, 5) is 10.6.